The molecular formula is C7H12N2O2. The average Bonchev–Trinajstić information content (AvgIpc) is 2.06. The van der Waals surface area contributed by atoms with Gasteiger partial charge >= 0.3 is 0 Å². The van der Waals surface area contributed by atoms with Crippen molar-refractivity contribution in [3.8, 4) is 0 Å². The molecule has 1 saturated heterocycles. The summed E-state index contributed by atoms with van der Waals surface area (Å²) in [6.45, 7) is 1.84. The van der Waals surface area contributed by atoms with Crippen LogP contribution >= 0.6 is 0 Å². The van der Waals surface area contributed by atoms with Crippen LogP contribution in [0.5, 0.6) is 0 Å². The molecule has 0 radical (unpaired) electrons. The van der Waals surface area contributed by atoms with E-state index < -0.39 is 5.91 Å². The molecule has 0 spiro atoms. The summed E-state index contributed by atoms with van der Waals surface area (Å²) in [7, 11) is 0. The maximum Gasteiger partial charge on any atom is 0.284 e. The van der Waals surface area contributed by atoms with Crippen LogP contribution in [0.3, 0.4) is 0 Å². The Labute approximate surface area is 65.3 Å². The van der Waals surface area contributed by atoms with Gasteiger partial charge in [-0.25, -0.2) is 0 Å². The minimum atomic E-state index is -0.503. The van der Waals surface area contributed by atoms with E-state index in [0.29, 0.717) is 6.29 Å². The van der Waals surface area contributed by atoms with E-state index in [9.17, 15) is 9.59 Å². The second-order valence-corrected chi connectivity index (χ2v) is 2.65. The van der Waals surface area contributed by atoms with Gasteiger partial charge in [-0.3, -0.25) is 9.59 Å². The molecule has 0 aromatic carbocycles. The molecule has 4 nitrogen and oxygen atoms in total. The van der Waals surface area contributed by atoms with Crippen molar-refractivity contribution in [3.05, 3.63) is 0 Å². The van der Waals surface area contributed by atoms with E-state index in [0.717, 1.165) is 25.9 Å². The van der Waals surface area contributed by atoms with Crippen molar-refractivity contribution >= 4 is 12.2 Å². The first-order valence-electron chi connectivity index (χ1n) is 3.79. The summed E-state index contributed by atoms with van der Waals surface area (Å²) < 4.78 is 0. The van der Waals surface area contributed by atoms with Crippen molar-refractivity contribution in [3.63, 3.8) is 0 Å². The van der Waals surface area contributed by atoms with Gasteiger partial charge < -0.3 is 10.6 Å². The van der Waals surface area contributed by atoms with Crippen molar-refractivity contribution in [1.29, 1.82) is 0 Å². The molecule has 1 heterocycles. The normalized spacial score (nSPS) is 19.3. The molecule has 0 aromatic rings. The average molecular weight is 156 g/mol. The number of carbonyl (C=O) groups excluding carboxylic acids is 2. The van der Waals surface area contributed by atoms with E-state index in [1.165, 1.54) is 0 Å². The van der Waals surface area contributed by atoms with Crippen LogP contribution in [0.4, 0.5) is 0 Å². The van der Waals surface area contributed by atoms with E-state index >= 15 is 0 Å². The number of rotatable bonds is 2. The second kappa shape index (κ2) is 4.08. The lowest BCUT2D eigenvalue weighted by molar-refractivity contribution is -0.131. The van der Waals surface area contributed by atoms with Gasteiger partial charge in [-0.2, -0.15) is 0 Å². The van der Waals surface area contributed by atoms with Crippen LogP contribution in [0.15, 0.2) is 0 Å². The van der Waals surface area contributed by atoms with Crippen molar-refractivity contribution in [2.75, 3.05) is 13.1 Å². The third kappa shape index (κ3) is 2.67. The number of piperidine rings is 1. The van der Waals surface area contributed by atoms with Gasteiger partial charge in [0, 0.05) is 6.04 Å². The zero-order valence-corrected chi connectivity index (χ0v) is 6.30. The lowest BCUT2D eigenvalue weighted by Gasteiger charge is -2.22. The topological polar surface area (TPSA) is 58.2 Å². The predicted molar refractivity (Wildman–Crippen MR) is 40.1 cm³/mol. The van der Waals surface area contributed by atoms with Gasteiger partial charge in [0.25, 0.3) is 5.91 Å². The van der Waals surface area contributed by atoms with Gasteiger partial charge in [-0.15, -0.1) is 0 Å². The molecule has 11 heavy (non-hydrogen) atoms. The van der Waals surface area contributed by atoms with Crippen LogP contribution in [-0.2, 0) is 9.59 Å². The molecule has 0 saturated carbocycles. The Hall–Kier alpha value is -0.900. The first-order chi connectivity index (χ1) is 5.33. The standard InChI is InChI=1S/C7H12N2O2/c10-5-7(11)9-6-1-3-8-4-2-6/h5-6,8H,1-4H2,(H,9,11). The van der Waals surface area contributed by atoms with Gasteiger partial charge in [-0.05, 0) is 25.9 Å². The first kappa shape index (κ1) is 8.20. The molecule has 1 aliphatic rings. The molecule has 1 amide bonds. The number of hydrogen-bond acceptors (Lipinski definition) is 3. The van der Waals surface area contributed by atoms with Crippen LogP contribution < -0.4 is 10.6 Å². The molecule has 62 valence electrons. The Morgan fingerprint density at radius 1 is 1.45 bits per heavy atom. The van der Waals surface area contributed by atoms with E-state index in [-0.39, 0.29) is 6.04 Å². The summed E-state index contributed by atoms with van der Waals surface area (Å²) in [5, 5.41) is 5.79. The Balaban J connectivity index is 2.24. The first-order valence-corrected chi connectivity index (χ1v) is 3.79. The molecule has 0 bridgehead atoms. The lowest BCUT2D eigenvalue weighted by atomic mass is 10.1. The van der Waals surface area contributed by atoms with Crippen LogP contribution in [0.1, 0.15) is 12.8 Å². The fraction of sp³-hybridized carbons (Fsp3) is 0.714. The highest BCUT2D eigenvalue weighted by Crippen LogP contribution is 2.00. The molecule has 0 aromatic heterocycles. The fourth-order valence-electron chi connectivity index (χ4n) is 1.20. The number of aldehydes is 1. The Kier molecular flexibility index (Phi) is 3.04. The summed E-state index contributed by atoms with van der Waals surface area (Å²) >= 11 is 0. The Morgan fingerprint density at radius 2 is 2.09 bits per heavy atom. The quantitative estimate of drug-likeness (QED) is 0.400. The fourth-order valence-corrected chi connectivity index (χ4v) is 1.20. The zero-order valence-electron chi connectivity index (χ0n) is 6.30. The smallest absolute Gasteiger partial charge is 0.284 e. The van der Waals surface area contributed by atoms with Gasteiger partial charge in [-0.1, -0.05) is 0 Å². The van der Waals surface area contributed by atoms with Gasteiger partial charge in [0.05, 0.1) is 0 Å². The van der Waals surface area contributed by atoms with E-state index in [1.807, 2.05) is 0 Å². The maximum absolute atomic E-state index is 10.6. The van der Waals surface area contributed by atoms with Crippen molar-refractivity contribution < 1.29 is 9.59 Å². The summed E-state index contributed by atoms with van der Waals surface area (Å²) in [6.07, 6.45) is 2.15. The van der Waals surface area contributed by atoms with E-state index in [1.54, 1.807) is 0 Å². The molecule has 2 N–H and O–H groups in total. The molecule has 4 heteroatoms. The monoisotopic (exact) mass is 156 g/mol. The van der Waals surface area contributed by atoms with Gasteiger partial charge in [0.15, 0.2) is 0 Å². The molecule has 1 aliphatic heterocycles. The van der Waals surface area contributed by atoms with Crippen LogP contribution in [0.2, 0.25) is 0 Å². The van der Waals surface area contributed by atoms with Crippen LogP contribution in [0, 0.1) is 0 Å². The van der Waals surface area contributed by atoms with Gasteiger partial charge in [0.2, 0.25) is 6.29 Å². The summed E-state index contributed by atoms with van der Waals surface area (Å²) in [5.74, 6) is -0.503. The molecule has 0 atom stereocenters. The molecule has 0 aliphatic carbocycles. The van der Waals surface area contributed by atoms with Gasteiger partial charge in [0.1, 0.15) is 0 Å². The lowest BCUT2D eigenvalue weighted by Crippen LogP contribution is -2.43. The predicted octanol–water partition coefficient (Wildman–Crippen LogP) is -0.947. The molecular weight excluding hydrogens is 144 g/mol. The summed E-state index contributed by atoms with van der Waals surface area (Å²) in [5.41, 5.74) is 0. The zero-order chi connectivity index (χ0) is 8.10. The highest BCUT2D eigenvalue weighted by atomic mass is 16.2. The summed E-state index contributed by atoms with van der Waals surface area (Å²) in [4.78, 5) is 20.5. The third-order valence-electron chi connectivity index (χ3n) is 1.79. The van der Waals surface area contributed by atoms with Crippen LogP contribution in [0.25, 0.3) is 0 Å². The number of nitrogens with one attached hydrogen (secondary N) is 2. The van der Waals surface area contributed by atoms with Crippen molar-refractivity contribution in [2.24, 2.45) is 0 Å². The van der Waals surface area contributed by atoms with Crippen molar-refractivity contribution in [1.82, 2.24) is 10.6 Å². The third-order valence-corrected chi connectivity index (χ3v) is 1.79. The number of hydrogen-bond donors (Lipinski definition) is 2. The van der Waals surface area contributed by atoms with E-state index in [2.05, 4.69) is 10.6 Å². The Bertz CT molecular complexity index is 153. The summed E-state index contributed by atoms with van der Waals surface area (Å²) in [6, 6.07) is 0.189. The molecule has 1 rings (SSSR count). The molecule has 0 unspecified atom stereocenters. The highest BCUT2D eigenvalue weighted by Gasteiger charge is 2.13. The highest BCUT2D eigenvalue weighted by molar-refractivity contribution is 6.23. The van der Waals surface area contributed by atoms with Crippen LogP contribution in [-0.4, -0.2) is 31.3 Å². The number of carbonyl (C=O) groups is 2. The largest absolute Gasteiger partial charge is 0.347 e. The van der Waals surface area contributed by atoms with E-state index in [4.69, 9.17) is 0 Å². The number of amides is 1. The minimum absolute atomic E-state index is 0.189. The Morgan fingerprint density at radius 3 is 2.64 bits per heavy atom. The second-order valence-electron chi connectivity index (χ2n) is 2.65. The maximum atomic E-state index is 10.6. The minimum Gasteiger partial charge on any atom is -0.347 e. The SMILES string of the molecule is O=CC(=O)NC1CCNCC1. The molecule has 1 fully saturated rings. The van der Waals surface area contributed by atoms with Crippen molar-refractivity contribution in [2.45, 2.75) is 18.9 Å².